The zero-order valence-corrected chi connectivity index (χ0v) is 13.5. The molecule has 3 N–H and O–H groups in total. The molecule has 1 aromatic carbocycles. The van der Waals surface area contributed by atoms with Crippen LogP contribution < -0.4 is 10.6 Å². The smallest absolute Gasteiger partial charge is 0.331 e. The maximum atomic E-state index is 11.9. The minimum atomic E-state index is -1.10. The second kappa shape index (κ2) is 6.73. The Bertz CT molecular complexity index is 658. The highest BCUT2D eigenvalue weighted by atomic mass is 79.9. The fourth-order valence-electron chi connectivity index (χ4n) is 1.73. The lowest BCUT2D eigenvalue weighted by molar-refractivity contribution is -0.139. The van der Waals surface area contributed by atoms with Gasteiger partial charge in [-0.3, -0.25) is 0 Å². The topological polar surface area (TPSA) is 78.4 Å². The lowest BCUT2D eigenvalue weighted by Gasteiger charge is -2.14. The number of carboxylic acid groups (broad SMARTS) is 1. The van der Waals surface area contributed by atoms with Gasteiger partial charge in [-0.2, -0.15) is 0 Å². The van der Waals surface area contributed by atoms with Crippen LogP contribution in [0.15, 0.2) is 40.2 Å². The van der Waals surface area contributed by atoms with Crippen molar-refractivity contribution >= 4 is 45.0 Å². The number of thiophene rings is 1. The van der Waals surface area contributed by atoms with E-state index in [1.54, 1.807) is 29.6 Å². The first-order chi connectivity index (χ1) is 9.97. The Hall–Kier alpha value is -1.86. The third-order valence-electron chi connectivity index (χ3n) is 2.77. The lowest BCUT2D eigenvalue weighted by atomic mass is 10.2. The number of rotatable bonds is 4. The Morgan fingerprint density at radius 3 is 2.67 bits per heavy atom. The molecule has 0 radical (unpaired) electrons. The van der Waals surface area contributed by atoms with Gasteiger partial charge in [0.25, 0.3) is 0 Å². The Balaban J connectivity index is 2.06. The number of hydrogen-bond donors (Lipinski definition) is 3. The van der Waals surface area contributed by atoms with Crippen molar-refractivity contribution in [3.8, 4) is 0 Å². The maximum Gasteiger partial charge on any atom is 0.331 e. The highest BCUT2D eigenvalue weighted by Gasteiger charge is 2.22. The van der Waals surface area contributed by atoms with Crippen molar-refractivity contribution in [3.05, 3.63) is 50.6 Å². The predicted octanol–water partition coefficient (Wildman–Crippen LogP) is 3.77. The van der Waals surface area contributed by atoms with Crippen LogP contribution in [-0.2, 0) is 4.79 Å². The Morgan fingerprint density at radius 2 is 2.10 bits per heavy atom. The van der Waals surface area contributed by atoms with E-state index in [1.165, 1.54) is 11.3 Å². The zero-order chi connectivity index (χ0) is 15.4. The quantitative estimate of drug-likeness (QED) is 0.768. The van der Waals surface area contributed by atoms with Crippen LogP contribution in [0.5, 0.6) is 0 Å². The second-order valence-electron chi connectivity index (χ2n) is 4.35. The molecular formula is C14H13BrN2O3S. The first-order valence-corrected chi connectivity index (χ1v) is 7.74. The van der Waals surface area contributed by atoms with Crippen molar-refractivity contribution in [2.45, 2.75) is 13.0 Å². The highest BCUT2D eigenvalue weighted by molar-refractivity contribution is 9.10. The van der Waals surface area contributed by atoms with Crippen molar-refractivity contribution in [1.82, 2.24) is 5.32 Å². The van der Waals surface area contributed by atoms with Crippen LogP contribution in [0.2, 0.25) is 0 Å². The van der Waals surface area contributed by atoms with Crippen LogP contribution in [0.1, 0.15) is 16.5 Å². The number of aliphatic carboxylic acids is 1. The molecule has 1 atom stereocenters. The van der Waals surface area contributed by atoms with Crippen molar-refractivity contribution in [3.63, 3.8) is 0 Å². The largest absolute Gasteiger partial charge is 0.479 e. The molecular weight excluding hydrogens is 356 g/mol. The minimum Gasteiger partial charge on any atom is -0.479 e. The van der Waals surface area contributed by atoms with E-state index in [4.69, 9.17) is 0 Å². The summed E-state index contributed by atoms with van der Waals surface area (Å²) >= 11 is 4.66. The van der Waals surface area contributed by atoms with E-state index in [0.29, 0.717) is 10.6 Å². The van der Waals surface area contributed by atoms with Crippen molar-refractivity contribution < 1.29 is 14.7 Å². The summed E-state index contributed by atoms with van der Waals surface area (Å²) in [6.07, 6.45) is 0. The molecule has 1 aromatic heterocycles. The number of nitrogens with one attached hydrogen (secondary N) is 2. The zero-order valence-electron chi connectivity index (χ0n) is 11.1. The summed E-state index contributed by atoms with van der Waals surface area (Å²) in [5.74, 6) is -1.10. The molecule has 0 aliphatic carbocycles. The van der Waals surface area contributed by atoms with Gasteiger partial charge in [-0.05, 0) is 42.1 Å². The molecule has 2 aromatic rings. The van der Waals surface area contributed by atoms with Crippen LogP contribution in [0.3, 0.4) is 0 Å². The van der Waals surface area contributed by atoms with Gasteiger partial charge in [0.1, 0.15) is 0 Å². The highest BCUT2D eigenvalue weighted by Crippen LogP contribution is 2.21. The van der Waals surface area contributed by atoms with E-state index in [1.807, 2.05) is 13.0 Å². The molecule has 2 rings (SSSR count). The summed E-state index contributed by atoms with van der Waals surface area (Å²) < 4.78 is 0.940. The minimum absolute atomic E-state index is 0.558. The first-order valence-electron chi connectivity index (χ1n) is 6.07. The number of amides is 2. The molecule has 0 saturated heterocycles. The average molecular weight is 369 g/mol. The van der Waals surface area contributed by atoms with Gasteiger partial charge >= 0.3 is 12.0 Å². The molecule has 0 bridgehead atoms. The first kappa shape index (κ1) is 15.5. The van der Waals surface area contributed by atoms with Crippen molar-refractivity contribution in [2.24, 2.45) is 0 Å². The van der Waals surface area contributed by atoms with Gasteiger partial charge in [-0.15, -0.1) is 11.3 Å². The molecule has 0 aliphatic rings. The van der Waals surface area contributed by atoms with Crippen LogP contribution >= 0.6 is 27.3 Å². The Labute approximate surface area is 134 Å². The van der Waals surface area contributed by atoms with Gasteiger partial charge in [-0.25, -0.2) is 9.59 Å². The molecule has 0 spiro atoms. The number of anilines is 1. The summed E-state index contributed by atoms with van der Waals surface area (Å²) in [6.45, 7) is 1.90. The van der Waals surface area contributed by atoms with E-state index >= 15 is 0 Å². The lowest BCUT2D eigenvalue weighted by Crippen LogP contribution is -2.36. The van der Waals surface area contributed by atoms with Gasteiger partial charge in [0.05, 0.1) is 0 Å². The average Bonchev–Trinajstić information content (AvgIpc) is 2.93. The Kier molecular flexibility index (Phi) is 4.98. The van der Waals surface area contributed by atoms with Gasteiger partial charge in [-0.1, -0.05) is 22.0 Å². The summed E-state index contributed by atoms with van der Waals surface area (Å²) in [4.78, 5) is 23.7. The number of urea groups is 1. The summed E-state index contributed by atoms with van der Waals surface area (Å²) in [5.41, 5.74) is 1.57. The molecule has 1 heterocycles. The van der Waals surface area contributed by atoms with E-state index in [2.05, 4.69) is 26.6 Å². The van der Waals surface area contributed by atoms with E-state index in [9.17, 15) is 14.7 Å². The van der Waals surface area contributed by atoms with Gasteiger partial charge in [0.15, 0.2) is 6.04 Å². The van der Waals surface area contributed by atoms with E-state index in [0.717, 1.165) is 10.0 Å². The third-order valence-corrected chi connectivity index (χ3v) is 4.59. The van der Waals surface area contributed by atoms with Crippen molar-refractivity contribution in [2.75, 3.05) is 5.32 Å². The molecule has 2 amide bonds. The maximum absolute atomic E-state index is 11.9. The normalized spacial score (nSPS) is 11.7. The number of carboxylic acids is 1. The molecule has 0 aliphatic heterocycles. The van der Waals surface area contributed by atoms with Crippen LogP contribution in [-0.4, -0.2) is 17.1 Å². The standard InChI is InChI=1S/C14H13BrN2O3S/c1-8-7-9(4-5-10(8)15)16-14(20)17-12(13(18)19)11-3-2-6-21-11/h2-7,12H,1H3,(H,18,19)(H2,16,17,20). The van der Waals surface area contributed by atoms with Crippen LogP contribution in [0, 0.1) is 6.92 Å². The number of benzene rings is 1. The number of carbonyl (C=O) groups is 2. The predicted molar refractivity (Wildman–Crippen MR) is 85.7 cm³/mol. The molecule has 21 heavy (non-hydrogen) atoms. The SMILES string of the molecule is Cc1cc(NC(=O)NC(C(=O)O)c2cccs2)ccc1Br. The molecule has 1 unspecified atom stereocenters. The summed E-state index contributed by atoms with van der Waals surface area (Å²) in [5, 5.41) is 16.0. The van der Waals surface area contributed by atoms with E-state index < -0.39 is 18.0 Å². The van der Waals surface area contributed by atoms with Gasteiger partial charge < -0.3 is 15.7 Å². The molecule has 110 valence electrons. The molecule has 0 saturated carbocycles. The number of aryl methyl sites for hydroxylation is 1. The number of halogens is 1. The number of hydrogen-bond acceptors (Lipinski definition) is 3. The molecule has 0 fully saturated rings. The van der Waals surface area contributed by atoms with E-state index in [-0.39, 0.29) is 0 Å². The fraction of sp³-hybridized carbons (Fsp3) is 0.143. The second-order valence-corrected chi connectivity index (χ2v) is 6.18. The van der Waals surface area contributed by atoms with Crippen LogP contribution in [0.25, 0.3) is 0 Å². The van der Waals surface area contributed by atoms with Crippen LogP contribution in [0.4, 0.5) is 10.5 Å². The van der Waals surface area contributed by atoms with Gasteiger partial charge in [0, 0.05) is 15.0 Å². The summed E-state index contributed by atoms with van der Waals surface area (Å²) in [7, 11) is 0. The monoisotopic (exact) mass is 368 g/mol. The molecule has 5 nitrogen and oxygen atoms in total. The van der Waals surface area contributed by atoms with Gasteiger partial charge in [0.2, 0.25) is 0 Å². The summed E-state index contributed by atoms with van der Waals surface area (Å²) in [6, 6.07) is 7.15. The third kappa shape index (κ3) is 4.05. The molecule has 7 heteroatoms. The number of carbonyl (C=O) groups excluding carboxylic acids is 1. The fourth-order valence-corrected chi connectivity index (χ4v) is 2.74. The Morgan fingerprint density at radius 1 is 1.33 bits per heavy atom. The van der Waals surface area contributed by atoms with Crippen molar-refractivity contribution in [1.29, 1.82) is 0 Å².